The predicted molar refractivity (Wildman–Crippen MR) is 76.5 cm³/mol. The van der Waals surface area contributed by atoms with Crippen molar-refractivity contribution in [2.75, 3.05) is 11.4 Å². The second kappa shape index (κ2) is 6.05. The summed E-state index contributed by atoms with van der Waals surface area (Å²) in [6, 6.07) is 6.59. The topological polar surface area (TPSA) is 83.6 Å². The first-order valence-corrected chi connectivity index (χ1v) is 6.90. The molecule has 0 saturated carbocycles. The number of carbonyl (C=O) groups is 2. The number of benzene rings is 1. The van der Waals surface area contributed by atoms with Crippen LogP contribution in [0.5, 0.6) is 0 Å². The summed E-state index contributed by atoms with van der Waals surface area (Å²) in [5.41, 5.74) is 7.11. The van der Waals surface area contributed by atoms with E-state index in [1.54, 1.807) is 0 Å². The molecule has 1 amide bonds. The third kappa shape index (κ3) is 2.67. The molecular weight excluding hydrogens is 256 g/mol. The van der Waals surface area contributed by atoms with Crippen molar-refractivity contribution in [2.24, 2.45) is 11.7 Å². The Bertz CT molecular complexity index is 516. The van der Waals surface area contributed by atoms with Crippen LogP contribution in [0.15, 0.2) is 24.3 Å². The molecule has 1 aliphatic rings. The first-order valence-electron chi connectivity index (χ1n) is 6.90. The Balaban J connectivity index is 2.26. The first-order chi connectivity index (χ1) is 9.56. The minimum Gasteiger partial charge on any atom is -0.480 e. The summed E-state index contributed by atoms with van der Waals surface area (Å²) in [4.78, 5) is 25.4. The summed E-state index contributed by atoms with van der Waals surface area (Å²) in [5.74, 6) is -1.30. The first kappa shape index (κ1) is 14.5. The van der Waals surface area contributed by atoms with Crippen molar-refractivity contribution in [3.63, 3.8) is 0 Å². The van der Waals surface area contributed by atoms with E-state index in [0.717, 1.165) is 17.7 Å². The Labute approximate surface area is 118 Å². The van der Waals surface area contributed by atoms with Crippen LogP contribution in [0, 0.1) is 5.92 Å². The Morgan fingerprint density at radius 2 is 2.15 bits per heavy atom. The average molecular weight is 276 g/mol. The number of hydrogen-bond acceptors (Lipinski definition) is 3. The van der Waals surface area contributed by atoms with Crippen molar-refractivity contribution in [2.45, 2.75) is 32.2 Å². The number of nitrogens with zero attached hydrogens (tertiary/aromatic N) is 1. The van der Waals surface area contributed by atoms with Gasteiger partial charge in [0.2, 0.25) is 5.91 Å². The molecule has 108 valence electrons. The number of nitrogens with two attached hydrogens (primary N) is 1. The average Bonchev–Trinajstić information content (AvgIpc) is 2.83. The molecule has 3 N–H and O–H groups in total. The van der Waals surface area contributed by atoms with Gasteiger partial charge in [-0.05, 0) is 31.0 Å². The number of hydrogen-bond donors (Lipinski definition) is 2. The van der Waals surface area contributed by atoms with Crippen LogP contribution in [0.1, 0.15) is 25.3 Å². The lowest BCUT2D eigenvalue weighted by Crippen LogP contribution is -2.45. The van der Waals surface area contributed by atoms with Crippen molar-refractivity contribution in [3.05, 3.63) is 29.8 Å². The fourth-order valence-electron chi connectivity index (χ4n) is 2.64. The zero-order chi connectivity index (χ0) is 14.7. The summed E-state index contributed by atoms with van der Waals surface area (Å²) in [6.45, 7) is 2.37. The maximum atomic E-state index is 12.6. The fourth-order valence-corrected chi connectivity index (χ4v) is 2.64. The molecule has 0 aromatic heterocycles. The zero-order valence-electron chi connectivity index (χ0n) is 11.6. The monoisotopic (exact) mass is 276 g/mol. The number of anilines is 1. The van der Waals surface area contributed by atoms with Crippen LogP contribution < -0.4 is 10.6 Å². The molecule has 0 bridgehead atoms. The molecule has 1 aromatic carbocycles. The Morgan fingerprint density at radius 1 is 1.45 bits per heavy atom. The largest absolute Gasteiger partial charge is 0.480 e. The Morgan fingerprint density at radius 3 is 2.80 bits per heavy atom. The molecule has 5 nitrogen and oxygen atoms in total. The molecule has 1 aliphatic heterocycles. The van der Waals surface area contributed by atoms with Crippen molar-refractivity contribution < 1.29 is 14.7 Å². The van der Waals surface area contributed by atoms with Crippen LogP contribution in [0.25, 0.3) is 0 Å². The maximum Gasteiger partial charge on any atom is 0.327 e. The van der Waals surface area contributed by atoms with Crippen LogP contribution >= 0.6 is 0 Å². The number of aliphatic carboxylic acids is 1. The minimum atomic E-state index is -0.958. The van der Waals surface area contributed by atoms with Crippen LogP contribution in [0.3, 0.4) is 0 Å². The van der Waals surface area contributed by atoms with Gasteiger partial charge in [0.25, 0.3) is 0 Å². The lowest BCUT2D eigenvalue weighted by molar-refractivity contribution is -0.140. The highest BCUT2D eigenvalue weighted by molar-refractivity contribution is 6.02. The van der Waals surface area contributed by atoms with E-state index in [4.69, 9.17) is 5.73 Å². The minimum absolute atomic E-state index is 0.129. The number of carboxylic acid groups (broad SMARTS) is 1. The molecular formula is C15H20N2O3. The van der Waals surface area contributed by atoms with Gasteiger partial charge in [0.1, 0.15) is 6.04 Å². The number of rotatable bonds is 5. The number of fused-ring (bicyclic) bond motifs is 1. The second-order valence-corrected chi connectivity index (χ2v) is 5.23. The molecule has 0 spiro atoms. The number of carbonyl (C=O) groups excluding carboxylic acids is 1. The number of para-hydroxylation sites is 1. The quantitative estimate of drug-likeness (QED) is 0.851. The van der Waals surface area contributed by atoms with Gasteiger partial charge in [-0.1, -0.05) is 25.1 Å². The Hall–Kier alpha value is -1.88. The maximum absolute atomic E-state index is 12.6. The summed E-state index contributed by atoms with van der Waals surface area (Å²) in [6.07, 6.45) is 1.82. The lowest BCUT2D eigenvalue weighted by Gasteiger charge is -2.25. The van der Waals surface area contributed by atoms with Crippen LogP contribution in [0.4, 0.5) is 5.69 Å². The highest BCUT2D eigenvalue weighted by Gasteiger charge is 2.39. The van der Waals surface area contributed by atoms with Gasteiger partial charge in [-0.3, -0.25) is 9.69 Å². The Kier molecular flexibility index (Phi) is 4.39. The van der Waals surface area contributed by atoms with E-state index >= 15 is 0 Å². The van der Waals surface area contributed by atoms with E-state index in [1.165, 1.54) is 4.90 Å². The van der Waals surface area contributed by atoms with Gasteiger partial charge >= 0.3 is 5.97 Å². The lowest BCUT2D eigenvalue weighted by atomic mass is 10.0. The summed E-state index contributed by atoms with van der Waals surface area (Å²) < 4.78 is 0. The fraction of sp³-hybridized carbons (Fsp3) is 0.467. The van der Waals surface area contributed by atoms with Crippen LogP contribution in [-0.2, 0) is 16.0 Å². The van der Waals surface area contributed by atoms with Gasteiger partial charge < -0.3 is 10.8 Å². The molecule has 1 aromatic rings. The molecule has 2 atom stereocenters. The van der Waals surface area contributed by atoms with Crippen molar-refractivity contribution in [1.82, 2.24) is 0 Å². The van der Waals surface area contributed by atoms with E-state index in [1.807, 2.05) is 31.2 Å². The van der Waals surface area contributed by atoms with Crippen LogP contribution in [0.2, 0.25) is 0 Å². The third-order valence-electron chi connectivity index (χ3n) is 3.76. The molecule has 5 heteroatoms. The van der Waals surface area contributed by atoms with Crippen molar-refractivity contribution in [3.8, 4) is 0 Å². The third-order valence-corrected chi connectivity index (χ3v) is 3.76. The molecule has 20 heavy (non-hydrogen) atoms. The van der Waals surface area contributed by atoms with E-state index in [-0.39, 0.29) is 11.8 Å². The van der Waals surface area contributed by atoms with Crippen molar-refractivity contribution in [1.29, 1.82) is 0 Å². The molecule has 0 fully saturated rings. The predicted octanol–water partition coefficient (Wildman–Crippen LogP) is 1.40. The summed E-state index contributed by atoms with van der Waals surface area (Å²) in [5, 5.41) is 9.35. The number of amides is 1. The normalized spacial score (nSPS) is 18.7. The van der Waals surface area contributed by atoms with E-state index < -0.39 is 12.0 Å². The van der Waals surface area contributed by atoms with E-state index in [2.05, 4.69) is 0 Å². The summed E-state index contributed by atoms with van der Waals surface area (Å²) >= 11 is 0. The SMILES string of the molecule is CC(CCCN)C(=O)N1c2ccccc2CC1C(=O)O. The van der Waals surface area contributed by atoms with E-state index in [0.29, 0.717) is 19.4 Å². The van der Waals surface area contributed by atoms with Gasteiger partial charge in [0.05, 0.1) is 0 Å². The molecule has 0 saturated heterocycles. The van der Waals surface area contributed by atoms with Crippen molar-refractivity contribution >= 4 is 17.6 Å². The van der Waals surface area contributed by atoms with Gasteiger partial charge in [-0.15, -0.1) is 0 Å². The summed E-state index contributed by atoms with van der Waals surface area (Å²) in [7, 11) is 0. The standard InChI is InChI=1S/C15H20N2O3/c1-10(5-4-8-16)14(18)17-12-7-3-2-6-11(12)9-13(17)15(19)20/h2-3,6-7,10,13H,4-5,8-9,16H2,1H3,(H,19,20). The molecule has 0 radical (unpaired) electrons. The smallest absolute Gasteiger partial charge is 0.327 e. The number of carboxylic acids is 1. The van der Waals surface area contributed by atoms with Crippen LogP contribution in [-0.4, -0.2) is 29.6 Å². The van der Waals surface area contributed by atoms with Gasteiger partial charge in [0.15, 0.2) is 0 Å². The molecule has 1 heterocycles. The van der Waals surface area contributed by atoms with Gasteiger partial charge in [-0.2, -0.15) is 0 Å². The highest BCUT2D eigenvalue weighted by atomic mass is 16.4. The molecule has 2 rings (SSSR count). The van der Waals surface area contributed by atoms with Gasteiger partial charge in [-0.25, -0.2) is 4.79 Å². The van der Waals surface area contributed by atoms with Gasteiger partial charge in [0, 0.05) is 18.0 Å². The zero-order valence-corrected chi connectivity index (χ0v) is 11.6. The van der Waals surface area contributed by atoms with E-state index in [9.17, 15) is 14.7 Å². The highest BCUT2D eigenvalue weighted by Crippen LogP contribution is 2.33. The molecule has 0 aliphatic carbocycles. The molecule has 2 unspecified atom stereocenters. The second-order valence-electron chi connectivity index (χ2n) is 5.23.